The Balaban J connectivity index is 1.49. The lowest BCUT2D eigenvalue weighted by atomic mass is 10.2. The van der Waals surface area contributed by atoms with Gasteiger partial charge in [0, 0.05) is 25.4 Å². The van der Waals surface area contributed by atoms with E-state index in [9.17, 15) is 0 Å². The number of hydrazine groups is 1. The van der Waals surface area contributed by atoms with E-state index >= 15 is 0 Å². The number of anilines is 2. The van der Waals surface area contributed by atoms with E-state index in [1.807, 2.05) is 30.3 Å². The number of hydrogen-bond donors (Lipinski definition) is 1. The van der Waals surface area contributed by atoms with Gasteiger partial charge in [-0.3, -0.25) is 4.84 Å². The first-order valence-corrected chi connectivity index (χ1v) is 8.57. The highest BCUT2D eigenvalue weighted by Gasteiger charge is 2.27. The van der Waals surface area contributed by atoms with Crippen LogP contribution in [0.1, 0.15) is 38.2 Å². The van der Waals surface area contributed by atoms with E-state index in [0.717, 1.165) is 50.3 Å². The number of nitrogens with two attached hydrogens (primary N) is 1. The fourth-order valence-electron chi connectivity index (χ4n) is 3.08. The highest BCUT2D eigenvalue weighted by Crippen LogP contribution is 2.33. The molecule has 0 radical (unpaired) electrons. The molecule has 1 aromatic rings. The molecule has 2 N–H and O–H groups in total. The van der Waals surface area contributed by atoms with Gasteiger partial charge >= 0.3 is 0 Å². The summed E-state index contributed by atoms with van der Waals surface area (Å²) in [6, 6.07) is 5.96. The lowest BCUT2D eigenvalue weighted by Crippen LogP contribution is -2.38. The van der Waals surface area contributed by atoms with Crippen LogP contribution in [0.15, 0.2) is 18.2 Å². The Morgan fingerprint density at radius 1 is 1.35 bits per heavy atom. The van der Waals surface area contributed by atoms with Crippen LogP contribution in [0.2, 0.25) is 0 Å². The first-order chi connectivity index (χ1) is 11.3. The van der Waals surface area contributed by atoms with Crippen LogP contribution < -0.4 is 10.9 Å². The van der Waals surface area contributed by atoms with Gasteiger partial charge in [0.05, 0.1) is 18.9 Å². The predicted molar refractivity (Wildman–Crippen MR) is 89.5 cm³/mol. The molecule has 0 amide bonds. The topological polar surface area (TPSA) is 60.2 Å². The van der Waals surface area contributed by atoms with Crippen molar-refractivity contribution in [3.8, 4) is 0 Å². The number of nitrogen functional groups attached to an aromatic ring is 1. The predicted octanol–water partition coefficient (Wildman–Crippen LogP) is 2.69. The molecular formula is C17H27N3O3. The van der Waals surface area contributed by atoms with E-state index in [1.165, 1.54) is 12.0 Å². The van der Waals surface area contributed by atoms with E-state index in [1.54, 1.807) is 0 Å². The van der Waals surface area contributed by atoms with Crippen molar-refractivity contribution >= 4 is 11.4 Å². The van der Waals surface area contributed by atoms with Gasteiger partial charge < -0.3 is 15.2 Å². The third kappa shape index (κ3) is 4.14. The molecule has 0 saturated carbocycles. The van der Waals surface area contributed by atoms with Gasteiger partial charge in [-0.1, -0.05) is 0 Å². The molecule has 6 nitrogen and oxygen atoms in total. The second kappa shape index (κ2) is 7.97. The maximum absolute atomic E-state index is 5.89. The van der Waals surface area contributed by atoms with Gasteiger partial charge in [0.25, 0.3) is 0 Å². The summed E-state index contributed by atoms with van der Waals surface area (Å²) >= 11 is 0. The van der Waals surface area contributed by atoms with Crippen LogP contribution in [-0.4, -0.2) is 37.7 Å². The highest BCUT2D eigenvalue weighted by atomic mass is 16.7. The SMILES string of the molecule is CCON1c2ccc(N)cc2CN1CCCOC1CCCCO1. The Morgan fingerprint density at radius 3 is 3.04 bits per heavy atom. The summed E-state index contributed by atoms with van der Waals surface area (Å²) in [6.07, 6.45) is 4.29. The molecule has 0 aromatic heterocycles. The third-order valence-corrected chi connectivity index (χ3v) is 4.17. The van der Waals surface area contributed by atoms with Gasteiger partial charge in [0.2, 0.25) is 0 Å². The van der Waals surface area contributed by atoms with Gasteiger partial charge in [-0.05, 0) is 56.4 Å². The fourth-order valence-corrected chi connectivity index (χ4v) is 3.08. The lowest BCUT2D eigenvalue weighted by molar-refractivity contribution is -0.163. The van der Waals surface area contributed by atoms with Crippen molar-refractivity contribution in [2.24, 2.45) is 0 Å². The summed E-state index contributed by atoms with van der Waals surface area (Å²) in [6.45, 7) is 5.86. The van der Waals surface area contributed by atoms with Gasteiger partial charge in [0.1, 0.15) is 0 Å². The molecule has 2 aliphatic rings. The Morgan fingerprint density at radius 2 is 2.26 bits per heavy atom. The molecule has 1 fully saturated rings. The molecule has 0 aliphatic carbocycles. The molecule has 2 heterocycles. The van der Waals surface area contributed by atoms with Crippen molar-refractivity contribution in [1.82, 2.24) is 5.01 Å². The lowest BCUT2D eigenvalue weighted by Gasteiger charge is -2.29. The van der Waals surface area contributed by atoms with Crippen molar-refractivity contribution in [3.63, 3.8) is 0 Å². The van der Waals surface area contributed by atoms with Crippen LogP contribution in [0.25, 0.3) is 0 Å². The average molecular weight is 321 g/mol. The van der Waals surface area contributed by atoms with Crippen molar-refractivity contribution < 1.29 is 14.3 Å². The molecule has 1 unspecified atom stereocenters. The first-order valence-electron chi connectivity index (χ1n) is 8.57. The normalized spacial score (nSPS) is 21.6. The first kappa shape index (κ1) is 16.5. The smallest absolute Gasteiger partial charge is 0.157 e. The van der Waals surface area contributed by atoms with Crippen LogP contribution in [0, 0.1) is 0 Å². The zero-order chi connectivity index (χ0) is 16.1. The molecule has 1 atom stereocenters. The molecule has 1 aromatic carbocycles. The molecule has 23 heavy (non-hydrogen) atoms. The summed E-state index contributed by atoms with van der Waals surface area (Å²) in [5.74, 6) is 0. The minimum Gasteiger partial charge on any atom is -0.399 e. The van der Waals surface area contributed by atoms with Crippen molar-refractivity contribution in [3.05, 3.63) is 23.8 Å². The van der Waals surface area contributed by atoms with E-state index in [2.05, 4.69) is 5.01 Å². The fraction of sp³-hybridized carbons (Fsp3) is 0.647. The van der Waals surface area contributed by atoms with Gasteiger partial charge in [0.15, 0.2) is 6.29 Å². The summed E-state index contributed by atoms with van der Waals surface area (Å²) in [7, 11) is 0. The van der Waals surface area contributed by atoms with Gasteiger partial charge in [-0.2, -0.15) is 10.2 Å². The summed E-state index contributed by atoms with van der Waals surface area (Å²) < 4.78 is 11.4. The maximum atomic E-state index is 5.89. The molecule has 0 spiro atoms. The quantitative estimate of drug-likeness (QED) is 0.615. The van der Waals surface area contributed by atoms with Gasteiger partial charge in [-0.25, -0.2) is 0 Å². The van der Waals surface area contributed by atoms with Crippen LogP contribution in [-0.2, 0) is 20.9 Å². The number of fused-ring (bicyclic) bond motifs is 1. The van der Waals surface area contributed by atoms with Crippen LogP contribution >= 0.6 is 0 Å². The molecule has 128 valence electrons. The van der Waals surface area contributed by atoms with Crippen molar-refractivity contribution in [2.75, 3.05) is 37.3 Å². The molecule has 1 saturated heterocycles. The largest absolute Gasteiger partial charge is 0.399 e. The minimum absolute atomic E-state index is 0.0117. The second-order valence-corrected chi connectivity index (χ2v) is 5.99. The van der Waals surface area contributed by atoms with E-state index < -0.39 is 0 Å². The number of ether oxygens (including phenoxy) is 2. The molecule has 0 bridgehead atoms. The second-order valence-electron chi connectivity index (χ2n) is 5.99. The summed E-state index contributed by atoms with van der Waals surface area (Å²) in [5.41, 5.74) is 8.96. The number of hydrogen-bond acceptors (Lipinski definition) is 6. The Hall–Kier alpha value is -1.34. The third-order valence-electron chi connectivity index (χ3n) is 4.17. The summed E-state index contributed by atoms with van der Waals surface area (Å²) in [5, 5.41) is 4.09. The zero-order valence-electron chi connectivity index (χ0n) is 13.9. The molecular weight excluding hydrogens is 294 g/mol. The maximum Gasteiger partial charge on any atom is 0.157 e. The van der Waals surface area contributed by atoms with Gasteiger partial charge in [-0.15, -0.1) is 0 Å². The van der Waals surface area contributed by atoms with Crippen LogP contribution in [0.3, 0.4) is 0 Å². The molecule has 2 aliphatic heterocycles. The standard InChI is InChI=1S/C17H27N3O3/c1-2-23-20-16-8-7-15(18)12-14(16)13-19(20)9-5-11-22-17-6-3-4-10-21-17/h7-8,12,17H,2-6,9-11,13,18H2,1H3. The summed E-state index contributed by atoms with van der Waals surface area (Å²) in [4.78, 5) is 5.78. The zero-order valence-corrected chi connectivity index (χ0v) is 13.9. The molecule has 3 rings (SSSR count). The Bertz CT molecular complexity index is 506. The van der Waals surface area contributed by atoms with E-state index in [4.69, 9.17) is 20.0 Å². The van der Waals surface area contributed by atoms with Crippen molar-refractivity contribution in [2.45, 2.75) is 45.4 Å². The number of nitrogens with zero attached hydrogens (tertiary/aromatic N) is 2. The van der Waals surface area contributed by atoms with Crippen LogP contribution in [0.4, 0.5) is 11.4 Å². The molecule has 6 heteroatoms. The Labute approximate surface area is 138 Å². The highest BCUT2D eigenvalue weighted by molar-refractivity contribution is 5.60. The number of benzene rings is 1. The average Bonchev–Trinajstić information content (AvgIpc) is 2.90. The monoisotopic (exact) mass is 321 g/mol. The Kier molecular flexibility index (Phi) is 5.72. The van der Waals surface area contributed by atoms with Crippen molar-refractivity contribution in [1.29, 1.82) is 0 Å². The van der Waals surface area contributed by atoms with Crippen LogP contribution in [0.5, 0.6) is 0 Å². The minimum atomic E-state index is -0.0117. The van der Waals surface area contributed by atoms with E-state index in [-0.39, 0.29) is 6.29 Å². The number of rotatable bonds is 7. The van der Waals surface area contributed by atoms with E-state index in [0.29, 0.717) is 13.2 Å².